The predicted octanol–water partition coefficient (Wildman–Crippen LogP) is 5.72. The maximum Gasteiger partial charge on any atom is 0.597 e. The molecule has 0 amide bonds. The molecule has 0 fully saturated rings. The fourth-order valence-electron chi connectivity index (χ4n) is 2.20. The standard InChI is InChI=1S/C12H8O2P.C6H6O/c13-15-12-8-4-2-6-10(12)9-5-1-3-7-11(9)14-15;7-6-4-2-1-3-5-6/h1-8H;1-5,7H/q+1;. The molecule has 0 aliphatic rings. The molecular formula is C18H14O3P+. The molecule has 4 aromatic rings. The molecule has 1 aromatic heterocycles. The molecule has 1 heterocycles. The highest BCUT2D eigenvalue weighted by Crippen LogP contribution is 2.34. The number of para-hydroxylation sites is 2. The molecule has 0 bridgehead atoms. The van der Waals surface area contributed by atoms with Crippen molar-refractivity contribution in [3.05, 3.63) is 78.9 Å². The van der Waals surface area contributed by atoms with E-state index < -0.39 is 7.65 Å². The molecule has 22 heavy (non-hydrogen) atoms. The van der Waals surface area contributed by atoms with Gasteiger partial charge in [0, 0.05) is 10.8 Å². The lowest BCUT2D eigenvalue weighted by Gasteiger charge is -1.94. The Hall–Kier alpha value is -2.64. The molecule has 1 atom stereocenters. The van der Waals surface area contributed by atoms with Crippen LogP contribution in [0.5, 0.6) is 5.75 Å². The largest absolute Gasteiger partial charge is 0.597 e. The van der Waals surface area contributed by atoms with Gasteiger partial charge < -0.3 is 5.11 Å². The molecule has 4 rings (SSSR count). The first-order valence-corrected chi connectivity index (χ1v) is 8.01. The molecule has 3 nitrogen and oxygen atoms in total. The van der Waals surface area contributed by atoms with Crippen molar-refractivity contribution in [2.75, 3.05) is 0 Å². The summed E-state index contributed by atoms with van der Waals surface area (Å²) in [5.74, 6) is 0.322. The Labute approximate surface area is 128 Å². The van der Waals surface area contributed by atoms with E-state index in [4.69, 9.17) is 9.30 Å². The van der Waals surface area contributed by atoms with Crippen LogP contribution in [0.1, 0.15) is 0 Å². The quantitative estimate of drug-likeness (QED) is 0.423. The summed E-state index contributed by atoms with van der Waals surface area (Å²) >= 11 is 0. The molecular weight excluding hydrogens is 295 g/mol. The Morgan fingerprint density at radius 1 is 0.727 bits per heavy atom. The smallest absolute Gasteiger partial charge is 0.508 e. The van der Waals surface area contributed by atoms with Crippen molar-refractivity contribution in [1.29, 1.82) is 0 Å². The highest BCUT2D eigenvalue weighted by atomic mass is 31.1. The van der Waals surface area contributed by atoms with Crippen molar-refractivity contribution in [2.45, 2.75) is 0 Å². The number of hydrogen-bond donors (Lipinski definition) is 1. The summed E-state index contributed by atoms with van der Waals surface area (Å²) < 4.78 is 17.1. The molecule has 0 aliphatic carbocycles. The molecule has 1 N–H and O–H groups in total. The number of fused-ring (bicyclic) bond motifs is 3. The van der Waals surface area contributed by atoms with Gasteiger partial charge >= 0.3 is 7.65 Å². The van der Waals surface area contributed by atoms with Gasteiger partial charge in [-0.1, -0.05) is 48.5 Å². The first kappa shape index (κ1) is 14.3. The second-order valence-corrected chi connectivity index (χ2v) is 5.88. The van der Waals surface area contributed by atoms with Crippen LogP contribution in [0.15, 0.2) is 83.1 Å². The molecule has 1 unspecified atom stereocenters. The fraction of sp³-hybridized carbons (Fsp3) is 0. The van der Waals surface area contributed by atoms with Gasteiger partial charge in [0.2, 0.25) is 5.12 Å². The van der Waals surface area contributed by atoms with Gasteiger partial charge in [0.25, 0.3) is 0 Å². The predicted molar refractivity (Wildman–Crippen MR) is 89.4 cm³/mol. The third-order valence-electron chi connectivity index (χ3n) is 3.22. The van der Waals surface area contributed by atoms with Gasteiger partial charge in [0.15, 0.2) is 5.58 Å². The molecule has 0 spiro atoms. The summed E-state index contributed by atoms with van der Waals surface area (Å²) in [7, 11) is -1.74. The lowest BCUT2D eigenvalue weighted by molar-refractivity contribution is 0.475. The number of phenols is 1. The molecule has 0 saturated heterocycles. The maximum atomic E-state index is 11.8. The Balaban J connectivity index is 0.000000174. The molecule has 0 saturated carbocycles. The molecule has 3 aromatic carbocycles. The van der Waals surface area contributed by atoms with Crippen LogP contribution in [0.2, 0.25) is 0 Å². The highest BCUT2D eigenvalue weighted by Gasteiger charge is 2.14. The van der Waals surface area contributed by atoms with Crippen molar-refractivity contribution in [3.8, 4) is 5.75 Å². The van der Waals surface area contributed by atoms with E-state index in [9.17, 15) is 4.57 Å². The van der Waals surface area contributed by atoms with E-state index in [-0.39, 0.29) is 0 Å². The van der Waals surface area contributed by atoms with E-state index in [0.717, 1.165) is 15.9 Å². The monoisotopic (exact) mass is 309 g/mol. The summed E-state index contributed by atoms with van der Waals surface area (Å²) in [6.07, 6.45) is 0. The van der Waals surface area contributed by atoms with Gasteiger partial charge in [-0.15, -0.1) is 0 Å². The van der Waals surface area contributed by atoms with Gasteiger partial charge in [0.05, 0.1) is 0 Å². The summed E-state index contributed by atoms with van der Waals surface area (Å²) in [4.78, 5) is 0. The van der Waals surface area contributed by atoms with E-state index in [1.807, 2.05) is 54.6 Å². The topological polar surface area (TPSA) is 50.4 Å². The second kappa shape index (κ2) is 6.42. The average molecular weight is 309 g/mol. The molecule has 108 valence electrons. The van der Waals surface area contributed by atoms with Gasteiger partial charge in [0.1, 0.15) is 5.75 Å². The van der Waals surface area contributed by atoms with Gasteiger partial charge in [-0.25, -0.2) is 4.20 Å². The average Bonchev–Trinajstić information content (AvgIpc) is 2.57. The first-order chi connectivity index (χ1) is 10.8. The van der Waals surface area contributed by atoms with Crippen molar-refractivity contribution in [3.63, 3.8) is 0 Å². The van der Waals surface area contributed by atoms with Crippen LogP contribution >= 0.6 is 7.65 Å². The number of hydrogen-bond acceptors (Lipinski definition) is 3. The minimum absolute atomic E-state index is 0.322. The summed E-state index contributed by atoms with van der Waals surface area (Å²) in [5, 5.41) is 11.4. The number of benzene rings is 3. The summed E-state index contributed by atoms with van der Waals surface area (Å²) in [6.45, 7) is 0. The molecule has 0 radical (unpaired) electrons. The van der Waals surface area contributed by atoms with E-state index >= 15 is 0 Å². The minimum atomic E-state index is -1.74. The van der Waals surface area contributed by atoms with Crippen molar-refractivity contribution in [1.82, 2.24) is 0 Å². The normalized spacial score (nSPS) is 11.0. The molecule has 4 heteroatoms. The van der Waals surface area contributed by atoms with Crippen LogP contribution in [0, 0.1) is 0 Å². The summed E-state index contributed by atoms with van der Waals surface area (Å²) in [6, 6.07) is 24.0. The number of aromatic hydroxyl groups is 1. The third kappa shape index (κ3) is 3.00. The fourth-order valence-corrected chi connectivity index (χ4v) is 3.23. The van der Waals surface area contributed by atoms with Gasteiger partial charge in [-0.2, -0.15) is 0 Å². The van der Waals surface area contributed by atoms with Crippen LogP contribution in [0.25, 0.3) is 21.5 Å². The zero-order chi connectivity index (χ0) is 15.4. The van der Waals surface area contributed by atoms with Crippen LogP contribution in [-0.2, 0) is 4.57 Å². The van der Waals surface area contributed by atoms with Gasteiger partial charge in [-0.05, 0) is 34.9 Å². The molecule has 0 aliphatic heterocycles. The number of rotatable bonds is 0. The Morgan fingerprint density at radius 2 is 1.32 bits per heavy atom. The maximum absolute atomic E-state index is 11.8. The van der Waals surface area contributed by atoms with Crippen LogP contribution in [0.3, 0.4) is 0 Å². The van der Waals surface area contributed by atoms with E-state index in [2.05, 4.69) is 0 Å². The minimum Gasteiger partial charge on any atom is -0.508 e. The Bertz CT molecular complexity index is 962. The van der Waals surface area contributed by atoms with Gasteiger partial charge in [-0.3, -0.25) is 0 Å². The first-order valence-electron chi connectivity index (χ1n) is 6.83. The third-order valence-corrected chi connectivity index (χ3v) is 4.36. The van der Waals surface area contributed by atoms with Crippen molar-refractivity contribution < 1.29 is 13.9 Å². The van der Waals surface area contributed by atoms with Crippen molar-refractivity contribution in [2.24, 2.45) is 0 Å². The highest BCUT2D eigenvalue weighted by molar-refractivity contribution is 7.37. The van der Waals surface area contributed by atoms with Crippen LogP contribution in [-0.4, -0.2) is 5.11 Å². The zero-order valence-corrected chi connectivity index (χ0v) is 12.6. The zero-order valence-electron chi connectivity index (χ0n) is 11.7. The lowest BCUT2D eigenvalue weighted by Crippen LogP contribution is -1.73. The second-order valence-electron chi connectivity index (χ2n) is 4.70. The van der Waals surface area contributed by atoms with Crippen LogP contribution in [0.4, 0.5) is 0 Å². The lowest BCUT2D eigenvalue weighted by atomic mass is 10.1. The van der Waals surface area contributed by atoms with Crippen molar-refractivity contribution >= 4 is 29.1 Å². The number of phenolic OH excluding ortho intramolecular Hbond substituents is 1. The van der Waals surface area contributed by atoms with Crippen LogP contribution < -0.4 is 0 Å². The Kier molecular flexibility index (Phi) is 4.17. The van der Waals surface area contributed by atoms with E-state index in [0.29, 0.717) is 11.3 Å². The Morgan fingerprint density at radius 3 is 2.00 bits per heavy atom. The van der Waals surface area contributed by atoms with E-state index in [1.165, 1.54) is 0 Å². The SMILES string of the molecule is O=[p+]1oc2ccccc2c2ccccc21.Oc1ccccc1. The van der Waals surface area contributed by atoms with E-state index in [1.54, 1.807) is 24.3 Å². The summed E-state index contributed by atoms with van der Waals surface area (Å²) in [5.41, 5.74) is 0.706.